The second-order valence-corrected chi connectivity index (χ2v) is 5.96. The molecule has 0 amide bonds. The van der Waals surface area contributed by atoms with Crippen LogP contribution in [0.4, 0.5) is 13.2 Å². The number of rotatable bonds is 5. The maximum atomic E-state index is 13.4. The molecule has 0 radical (unpaired) electrons. The van der Waals surface area contributed by atoms with Gasteiger partial charge in [0.2, 0.25) is 0 Å². The molecule has 3 aromatic rings. The quantitative estimate of drug-likeness (QED) is 0.740. The minimum absolute atomic E-state index is 0.0892. The van der Waals surface area contributed by atoms with Gasteiger partial charge in [0.25, 0.3) is 0 Å². The molecule has 0 saturated heterocycles. The Kier molecular flexibility index (Phi) is 4.90. The summed E-state index contributed by atoms with van der Waals surface area (Å²) >= 11 is 0. The fourth-order valence-electron chi connectivity index (χ4n) is 2.81. The first-order chi connectivity index (χ1) is 11.9. The summed E-state index contributed by atoms with van der Waals surface area (Å²) in [7, 11) is 0. The predicted octanol–water partition coefficient (Wildman–Crippen LogP) is 4.45. The Hall–Kier alpha value is -2.60. The summed E-state index contributed by atoms with van der Waals surface area (Å²) in [6, 6.07) is 9.56. The van der Waals surface area contributed by atoms with E-state index in [9.17, 15) is 13.2 Å². The van der Waals surface area contributed by atoms with Gasteiger partial charge in [-0.2, -0.15) is 5.10 Å². The first-order valence-electron chi connectivity index (χ1n) is 7.93. The van der Waals surface area contributed by atoms with Gasteiger partial charge >= 0.3 is 0 Å². The van der Waals surface area contributed by atoms with Crippen molar-refractivity contribution in [2.24, 2.45) is 0 Å². The van der Waals surface area contributed by atoms with Crippen LogP contribution in [0.2, 0.25) is 0 Å². The summed E-state index contributed by atoms with van der Waals surface area (Å²) < 4.78 is 41.6. The smallest absolute Gasteiger partial charge is 0.126 e. The van der Waals surface area contributed by atoms with Gasteiger partial charge in [-0.25, -0.2) is 17.9 Å². The van der Waals surface area contributed by atoms with Crippen LogP contribution in [0.3, 0.4) is 0 Å². The highest BCUT2D eigenvalue weighted by Crippen LogP contribution is 2.21. The maximum absolute atomic E-state index is 13.4. The fraction of sp³-hybridized carbons (Fsp3) is 0.211. The standard InChI is InChI=1S/C19H18F3N3/c1-12(23-10-14-6-16(21)8-17(22)7-14)19-11-24-25(13(19)2)18-5-3-4-15(20)9-18/h3-9,11-12,23H,10H2,1-2H3. The van der Waals surface area contributed by atoms with E-state index in [0.717, 1.165) is 17.3 Å². The lowest BCUT2D eigenvalue weighted by atomic mass is 10.1. The molecule has 1 unspecified atom stereocenters. The fourth-order valence-corrected chi connectivity index (χ4v) is 2.81. The Morgan fingerprint density at radius 1 is 1.04 bits per heavy atom. The number of hydrogen-bond donors (Lipinski definition) is 1. The molecule has 6 heteroatoms. The van der Waals surface area contributed by atoms with E-state index < -0.39 is 11.6 Å². The van der Waals surface area contributed by atoms with Crippen LogP contribution in [0, 0.1) is 24.4 Å². The average molecular weight is 345 g/mol. The molecule has 3 nitrogen and oxygen atoms in total. The molecule has 1 atom stereocenters. The van der Waals surface area contributed by atoms with E-state index in [4.69, 9.17) is 0 Å². The van der Waals surface area contributed by atoms with Gasteiger partial charge in [0, 0.05) is 29.9 Å². The molecule has 0 spiro atoms. The molecule has 130 valence electrons. The number of nitrogens with one attached hydrogen (secondary N) is 1. The van der Waals surface area contributed by atoms with E-state index in [2.05, 4.69) is 10.4 Å². The zero-order valence-electron chi connectivity index (χ0n) is 13.9. The number of halogens is 3. The number of aromatic nitrogens is 2. The third-order valence-electron chi connectivity index (χ3n) is 4.10. The molecule has 0 aliphatic carbocycles. The topological polar surface area (TPSA) is 29.9 Å². The number of benzene rings is 2. The summed E-state index contributed by atoms with van der Waals surface area (Å²) in [5.74, 6) is -1.52. The molecule has 0 saturated carbocycles. The first kappa shape index (κ1) is 17.2. The Morgan fingerprint density at radius 2 is 1.76 bits per heavy atom. The molecule has 1 aromatic heterocycles. The normalized spacial score (nSPS) is 12.4. The minimum atomic E-state index is -0.598. The summed E-state index contributed by atoms with van der Waals surface area (Å²) in [6.45, 7) is 4.16. The molecule has 0 aliphatic rings. The van der Waals surface area contributed by atoms with Crippen molar-refractivity contribution < 1.29 is 13.2 Å². The molecule has 25 heavy (non-hydrogen) atoms. The highest BCUT2D eigenvalue weighted by atomic mass is 19.1. The van der Waals surface area contributed by atoms with Crippen molar-refractivity contribution in [3.05, 3.63) is 82.9 Å². The van der Waals surface area contributed by atoms with Crippen molar-refractivity contribution in [2.45, 2.75) is 26.4 Å². The molecule has 0 bridgehead atoms. The van der Waals surface area contributed by atoms with E-state index >= 15 is 0 Å². The van der Waals surface area contributed by atoms with E-state index in [1.54, 1.807) is 23.0 Å². The maximum Gasteiger partial charge on any atom is 0.126 e. The van der Waals surface area contributed by atoms with E-state index in [-0.39, 0.29) is 11.9 Å². The van der Waals surface area contributed by atoms with Crippen molar-refractivity contribution in [3.63, 3.8) is 0 Å². The second kappa shape index (κ2) is 7.11. The van der Waals surface area contributed by atoms with Gasteiger partial charge in [-0.1, -0.05) is 6.07 Å². The van der Waals surface area contributed by atoms with Crippen LogP contribution in [-0.2, 0) is 6.54 Å². The summed E-state index contributed by atoms with van der Waals surface area (Å²) in [4.78, 5) is 0. The van der Waals surface area contributed by atoms with Gasteiger partial charge in [0.1, 0.15) is 17.5 Å². The van der Waals surface area contributed by atoms with Crippen molar-refractivity contribution >= 4 is 0 Å². The van der Waals surface area contributed by atoms with Crippen LogP contribution >= 0.6 is 0 Å². The minimum Gasteiger partial charge on any atom is -0.306 e. The lowest BCUT2D eigenvalue weighted by Crippen LogP contribution is -2.19. The van der Waals surface area contributed by atoms with Crippen molar-refractivity contribution in [1.29, 1.82) is 0 Å². The van der Waals surface area contributed by atoms with E-state index in [1.807, 2.05) is 13.8 Å². The molecular weight excluding hydrogens is 327 g/mol. The monoisotopic (exact) mass is 345 g/mol. The van der Waals surface area contributed by atoms with Gasteiger partial charge in [-0.3, -0.25) is 0 Å². The van der Waals surface area contributed by atoms with Crippen molar-refractivity contribution in [2.75, 3.05) is 0 Å². The van der Waals surface area contributed by atoms with E-state index in [0.29, 0.717) is 17.8 Å². The predicted molar refractivity (Wildman–Crippen MR) is 89.9 cm³/mol. The first-order valence-corrected chi connectivity index (χ1v) is 7.93. The zero-order chi connectivity index (χ0) is 18.0. The third kappa shape index (κ3) is 3.91. The van der Waals surface area contributed by atoms with Crippen molar-refractivity contribution in [1.82, 2.24) is 15.1 Å². The molecule has 2 aromatic carbocycles. The van der Waals surface area contributed by atoms with Gasteiger partial charge < -0.3 is 5.32 Å². The van der Waals surface area contributed by atoms with Gasteiger partial charge in [0.15, 0.2) is 0 Å². The number of nitrogens with zero attached hydrogens (tertiary/aromatic N) is 2. The molecule has 1 N–H and O–H groups in total. The summed E-state index contributed by atoms with van der Waals surface area (Å²) in [5.41, 5.74) is 2.97. The van der Waals surface area contributed by atoms with Crippen LogP contribution in [0.15, 0.2) is 48.7 Å². The summed E-state index contributed by atoms with van der Waals surface area (Å²) in [6.07, 6.45) is 1.71. The van der Waals surface area contributed by atoms with Crippen LogP contribution in [0.5, 0.6) is 0 Å². The highest BCUT2D eigenvalue weighted by molar-refractivity contribution is 5.36. The highest BCUT2D eigenvalue weighted by Gasteiger charge is 2.14. The van der Waals surface area contributed by atoms with Gasteiger partial charge in [-0.05, 0) is 49.7 Å². The van der Waals surface area contributed by atoms with Gasteiger partial charge in [-0.15, -0.1) is 0 Å². The SMILES string of the molecule is Cc1c(C(C)NCc2cc(F)cc(F)c2)cnn1-c1cccc(F)c1. The van der Waals surface area contributed by atoms with Crippen LogP contribution in [0.25, 0.3) is 5.69 Å². The Balaban J connectivity index is 1.75. The third-order valence-corrected chi connectivity index (χ3v) is 4.10. The molecular formula is C19H18F3N3. The van der Waals surface area contributed by atoms with Crippen LogP contribution < -0.4 is 5.32 Å². The van der Waals surface area contributed by atoms with Gasteiger partial charge in [0.05, 0.1) is 11.9 Å². The second-order valence-electron chi connectivity index (χ2n) is 5.96. The average Bonchev–Trinajstić information content (AvgIpc) is 2.93. The summed E-state index contributed by atoms with van der Waals surface area (Å²) in [5, 5.41) is 7.55. The van der Waals surface area contributed by atoms with Crippen molar-refractivity contribution in [3.8, 4) is 5.69 Å². The molecule has 0 fully saturated rings. The number of hydrogen-bond acceptors (Lipinski definition) is 2. The van der Waals surface area contributed by atoms with E-state index in [1.165, 1.54) is 24.3 Å². The molecule has 1 heterocycles. The zero-order valence-corrected chi connectivity index (χ0v) is 13.9. The lowest BCUT2D eigenvalue weighted by molar-refractivity contribution is 0.552. The molecule has 0 aliphatic heterocycles. The van der Waals surface area contributed by atoms with Crippen LogP contribution in [0.1, 0.15) is 29.8 Å². The Morgan fingerprint density at radius 3 is 2.44 bits per heavy atom. The lowest BCUT2D eigenvalue weighted by Gasteiger charge is -2.14. The molecule has 3 rings (SSSR count). The largest absolute Gasteiger partial charge is 0.306 e. The Labute approximate surface area is 144 Å². The van der Waals surface area contributed by atoms with Crippen LogP contribution in [-0.4, -0.2) is 9.78 Å². The Bertz CT molecular complexity index is 869.